The summed E-state index contributed by atoms with van der Waals surface area (Å²) in [7, 11) is 1.26. The van der Waals surface area contributed by atoms with E-state index in [1.165, 1.54) is 25.3 Å². The number of ether oxygens (including phenoxy) is 1. The van der Waals surface area contributed by atoms with E-state index >= 15 is 0 Å². The molecule has 1 aliphatic rings. The maximum absolute atomic E-state index is 13.3. The number of piperidine rings is 1. The third kappa shape index (κ3) is 3.73. The lowest BCUT2D eigenvalue weighted by Gasteiger charge is -2.33. The minimum Gasteiger partial charge on any atom is -0.465 e. The van der Waals surface area contributed by atoms with E-state index in [0.29, 0.717) is 48.2 Å². The number of hydrogen-bond acceptors (Lipinski definition) is 4. The molecule has 3 rings (SSSR count). The molecular formula is C21H19F3N2O2. The van der Waals surface area contributed by atoms with Crippen molar-refractivity contribution in [2.75, 3.05) is 20.2 Å². The number of alkyl halides is 3. The molecule has 0 aliphatic carbocycles. The number of methoxy groups -OCH3 is 1. The average Bonchev–Trinajstić information content (AvgIpc) is 2.72. The monoisotopic (exact) mass is 388 g/mol. The molecule has 2 aromatic carbocycles. The zero-order valence-electron chi connectivity index (χ0n) is 15.3. The van der Waals surface area contributed by atoms with Gasteiger partial charge in [0.2, 0.25) is 0 Å². The van der Waals surface area contributed by atoms with E-state index in [-0.39, 0.29) is 0 Å². The standard InChI is InChI=1S/C21H19F3N2O2/c1-28-19(27)15-4-2-14(3-5-15)17-12-16(21(22,23)24)6-7-18(17)20(13-25)8-10-26-11-9-20/h2-7,12,26H,8-11H2,1H3. The van der Waals surface area contributed by atoms with Gasteiger partial charge in [0, 0.05) is 0 Å². The second kappa shape index (κ2) is 7.64. The van der Waals surface area contributed by atoms with Crippen molar-refractivity contribution in [2.24, 2.45) is 0 Å². The second-order valence-corrected chi connectivity index (χ2v) is 6.77. The molecule has 1 heterocycles. The zero-order chi connectivity index (χ0) is 20.4. The van der Waals surface area contributed by atoms with Gasteiger partial charge in [0.05, 0.1) is 29.7 Å². The van der Waals surface area contributed by atoms with Crippen molar-refractivity contribution in [2.45, 2.75) is 24.4 Å². The maximum Gasteiger partial charge on any atom is 0.416 e. The molecule has 146 valence electrons. The van der Waals surface area contributed by atoms with Gasteiger partial charge >= 0.3 is 12.1 Å². The van der Waals surface area contributed by atoms with Gasteiger partial charge in [-0.15, -0.1) is 0 Å². The molecule has 0 saturated carbocycles. The molecule has 28 heavy (non-hydrogen) atoms. The average molecular weight is 388 g/mol. The Kier molecular flexibility index (Phi) is 5.43. The van der Waals surface area contributed by atoms with Gasteiger partial charge in [-0.05, 0) is 66.9 Å². The van der Waals surface area contributed by atoms with Crippen LogP contribution in [-0.2, 0) is 16.3 Å². The summed E-state index contributed by atoms with van der Waals surface area (Å²) < 4.78 is 44.6. The number of nitrogens with one attached hydrogen (secondary N) is 1. The van der Waals surface area contributed by atoms with Crippen molar-refractivity contribution < 1.29 is 22.7 Å². The van der Waals surface area contributed by atoms with Crippen molar-refractivity contribution in [3.8, 4) is 17.2 Å². The van der Waals surface area contributed by atoms with Gasteiger partial charge in [-0.3, -0.25) is 0 Å². The summed E-state index contributed by atoms with van der Waals surface area (Å²) in [5, 5.41) is 13.1. The summed E-state index contributed by atoms with van der Waals surface area (Å²) >= 11 is 0. The van der Waals surface area contributed by atoms with E-state index in [0.717, 1.165) is 12.1 Å². The Morgan fingerprint density at radius 2 is 1.79 bits per heavy atom. The highest BCUT2D eigenvalue weighted by molar-refractivity contribution is 5.90. The van der Waals surface area contributed by atoms with E-state index in [2.05, 4.69) is 16.1 Å². The Bertz CT molecular complexity index is 909. The number of benzene rings is 2. The fourth-order valence-electron chi connectivity index (χ4n) is 3.58. The highest BCUT2D eigenvalue weighted by Crippen LogP contribution is 2.42. The number of nitrogens with zero attached hydrogens (tertiary/aromatic N) is 1. The molecule has 1 saturated heterocycles. The van der Waals surface area contributed by atoms with Crippen LogP contribution in [0.2, 0.25) is 0 Å². The van der Waals surface area contributed by atoms with E-state index in [1.807, 2.05) is 0 Å². The first-order valence-electron chi connectivity index (χ1n) is 8.83. The zero-order valence-corrected chi connectivity index (χ0v) is 15.3. The summed E-state index contributed by atoms with van der Waals surface area (Å²) in [5.41, 5.74) is 0.125. The number of rotatable bonds is 3. The van der Waals surface area contributed by atoms with Crippen LogP contribution in [0.3, 0.4) is 0 Å². The van der Waals surface area contributed by atoms with Crippen molar-refractivity contribution in [3.63, 3.8) is 0 Å². The molecule has 1 N–H and O–H groups in total. The molecule has 0 bridgehead atoms. The van der Waals surface area contributed by atoms with Gasteiger partial charge in [0.15, 0.2) is 0 Å². The first kappa shape index (κ1) is 19.9. The molecule has 0 amide bonds. The van der Waals surface area contributed by atoms with Crippen LogP contribution in [-0.4, -0.2) is 26.2 Å². The molecule has 0 aromatic heterocycles. The van der Waals surface area contributed by atoms with Crippen molar-refractivity contribution >= 4 is 5.97 Å². The molecule has 0 radical (unpaired) electrons. The summed E-state index contributed by atoms with van der Waals surface area (Å²) in [6.07, 6.45) is -3.46. The second-order valence-electron chi connectivity index (χ2n) is 6.77. The van der Waals surface area contributed by atoms with Gasteiger partial charge in [0.25, 0.3) is 0 Å². The largest absolute Gasteiger partial charge is 0.465 e. The summed E-state index contributed by atoms with van der Waals surface area (Å²) in [6.45, 7) is 1.24. The Hall–Kier alpha value is -2.85. The molecule has 4 nitrogen and oxygen atoms in total. The van der Waals surface area contributed by atoms with E-state index in [1.54, 1.807) is 12.1 Å². The van der Waals surface area contributed by atoms with Crippen LogP contribution in [0.25, 0.3) is 11.1 Å². The lowest BCUT2D eigenvalue weighted by atomic mass is 9.71. The molecule has 0 atom stereocenters. The Morgan fingerprint density at radius 1 is 1.14 bits per heavy atom. The summed E-state index contributed by atoms with van der Waals surface area (Å²) in [5.74, 6) is -0.525. The predicted molar refractivity (Wildman–Crippen MR) is 97.6 cm³/mol. The number of hydrogen-bond donors (Lipinski definition) is 1. The van der Waals surface area contributed by atoms with Crippen LogP contribution in [0.15, 0.2) is 42.5 Å². The number of esters is 1. The number of nitriles is 1. The van der Waals surface area contributed by atoms with Crippen LogP contribution < -0.4 is 5.32 Å². The molecule has 0 spiro atoms. The fourth-order valence-corrected chi connectivity index (χ4v) is 3.58. The number of carbonyl (C=O) groups excluding carboxylic acids is 1. The van der Waals surface area contributed by atoms with Crippen LogP contribution in [0.4, 0.5) is 13.2 Å². The fraction of sp³-hybridized carbons (Fsp3) is 0.333. The topological polar surface area (TPSA) is 62.1 Å². The molecule has 2 aromatic rings. The predicted octanol–water partition coefficient (Wildman–Crippen LogP) is 4.30. The van der Waals surface area contributed by atoms with Crippen molar-refractivity contribution in [1.82, 2.24) is 5.32 Å². The van der Waals surface area contributed by atoms with Gasteiger partial charge in [-0.1, -0.05) is 18.2 Å². The normalized spacial score (nSPS) is 16.2. The SMILES string of the molecule is COC(=O)c1ccc(-c2cc(C(F)(F)F)ccc2C2(C#N)CCNCC2)cc1. The van der Waals surface area contributed by atoms with E-state index in [4.69, 9.17) is 0 Å². The Labute approximate surface area is 160 Å². The highest BCUT2D eigenvalue weighted by atomic mass is 19.4. The molecule has 7 heteroatoms. The van der Waals surface area contributed by atoms with Crippen molar-refractivity contribution in [3.05, 3.63) is 59.2 Å². The molecule has 1 fully saturated rings. The lowest BCUT2D eigenvalue weighted by Crippen LogP contribution is -2.39. The molecule has 0 unspecified atom stereocenters. The molecule has 1 aliphatic heterocycles. The van der Waals surface area contributed by atoms with Crippen molar-refractivity contribution in [1.29, 1.82) is 5.26 Å². The van der Waals surface area contributed by atoms with Crippen LogP contribution in [0.5, 0.6) is 0 Å². The Morgan fingerprint density at radius 3 is 2.32 bits per heavy atom. The van der Waals surface area contributed by atoms with Gasteiger partial charge in [-0.25, -0.2) is 4.79 Å². The van der Waals surface area contributed by atoms with Crippen LogP contribution >= 0.6 is 0 Å². The highest BCUT2D eigenvalue weighted by Gasteiger charge is 2.38. The summed E-state index contributed by atoms with van der Waals surface area (Å²) in [4.78, 5) is 11.6. The minimum absolute atomic E-state index is 0.302. The first-order chi connectivity index (χ1) is 13.3. The van der Waals surface area contributed by atoms with Gasteiger partial charge in [0.1, 0.15) is 0 Å². The van der Waals surface area contributed by atoms with E-state index in [9.17, 15) is 23.2 Å². The molecular weight excluding hydrogens is 369 g/mol. The van der Waals surface area contributed by atoms with Gasteiger partial charge in [-0.2, -0.15) is 18.4 Å². The van der Waals surface area contributed by atoms with Gasteiger partial charge < -0.3 is 10.1 Å². The number of carbonyl (C=O) groups is 1. The quantitative estimate of drug-likeness (QED) is 0.797. The van der Waals surface area contributed by atoms with Crippen LogP contribution in [0, 0.1) is 11.3 Å². The summed E-state index contributed by atoms with van der Waals surface area (Å²) in [6, 6.07) is 12.1. The number of halogens is 3. The smallest absolute Gasteiger partial charge is 0.416 e. The lowest BCUT2D eigenvalue weighted by molar-refractivity contribution is -0.137. The third-order valence-electron chi connectivity index (χ3n) is 5.15. The first-order valence-corrected chi connectivity index (χ1v) is 8.83. The maximum atomic E-state index is 13.3. The van der Waals surface area contributed by atoms with Crippen LogP contribution in [0.1, 0.15) is 34.3 Å². The van der Waals surface area contributed by atoms with E-state index < -0.39 is 23.1 Å². The minimum atomic E-state index is -4.49. The third-order valence-corrected chi connectivity index (χ3v) is 5.15. The Balaban J connectivity index is 2.16.